The molecule has 0 saturated heterocycles. The number of nitrogens with one attached hydrogen (secondary N) is 1. The van der Waals surface area contributed by atoms with Gasteiger partial charge in [-0.25, -0.2) is 5.84 Å². The summed E-state index contributed by atoms with van der Waals surface area (Å²) in [5.74, 6) is 5.24. The lowest BCUT2D eigenvalue weighted by atomic mass is 10.2. The van der Waals surface area contributed by atoms with E-state index in [2.05, 4.69) is 21.1 Å². The Bertz CT molecular complexity index is 465. The maximum absolute atomic E-state index is 11.0. The molecule has 1 aromatic carbocycles. The van der Waals surface area contributed by atoms with E-state index in [0.29, 0.717) is 21.5 Å². The fraction of sp³-hybridized carbons (Fsp3) is 0.200. The highest BCUT2D eigenvalue weighted by Gasteiger charge is 2.10. The molecule has 18 heavy (non-hydrogen) atoms. The molecule has 0 aromatic heterocycles. The third-order valence-corrected chi connectivity index (χ3v) is 2.69. The van der Waals surface area contributed by atoms with E-state index in [9.17, 15) is 4.79 Å². The average Bonchev–Trinajstić information content (AvgIpc) is 2.38. The maximum atomic E-state index is 11.0. The van der Waals surface area contributed by atoms with Crippen LogP contribution in [0.3, 0.4) is 0 Å². The van der Waals surface area contributed by atoms with Crippen LogP contribution < -0.4 is 20.7 Å². The van der Waals surface area contributed by atoms with Crippen LogP contribution in [0.5, 0.6) is 11.5 Å². The molecule has 1 aromatic rings. The highest BCUT2D eigenvalue weighted by Crippen LogP contribution is 2.32. The van der Waals surface area contributed by atoms with Crippen molar-refractivity contribution in [1.29, 1.82) is 0 Å². The van der Waals surface area contributed by atoms with Gasteiger partial charge in [-0.1, -0.05) is 5.16 Å². The van der Waals surface area contributed by atoms with E-state index in [1.807, 2.05) is 5.43 Å². The van der Waals surface area contributed by atoms with Crippen LogP contribution in [0, 0.1) is 0 Å². The number of hydrazine groups is 1. The Hall–Kier alpha value is -1.80. The number of ether oxygens (including phenoxy) is 2. The molecule has 0 bridgehead atoms. The fourth-order valence-corrected chi connectivity index (χ4v) is 1.59. The van der Waals surface area contributed by atoms with Crippen LogP contribution >= 0.6 is 15.9 Å². The van der Waals surface area contributed by atoms with Gasteiger partial charge in [0.15, 0.2) is 18.1 Å². The quantitative estimate of drug-likeness (QED) is 0.243. The summed E-state index contributed by atoms with van der Waals surface area (Å²) in [6.07, 6.45) is 1.24. The van der Waals surface area contributed by atoms with Crippen molar-refractivity contribution in [2.45, 2.75) is 0 Å². The predicted octanol–water partition coefficient (Wildman–Crippen LogP) is 0.635. The molecule has 0 aliphatic heterocycles. The molecule has 7 nitrogen and oxygen atoms in total. The normalized spacial score (nSPS) is 10.4. The molecule has 0 aliphatic rings. The minimum absolute atomic E-state index is 0.229. The van der Waals surface area contributed by atoms with Gasteiger partial charge in [0.2, 0.25) is 0 Å². The van der Waals surface area contributed by atoms with Crippen molar-refractivity contribution >= 4 is 28.1 Å². The number of hydrogen-bond acceptors (Lipinski definition) is 6. The van der Waals surface area contributed by atoms with Crippen molar-refractivity contribution in [2.75, 3.05) is 13.7 Å². The molecule has 0 saturated carbocycles. The average molecular weight is 318 g/mol. The number of halogens is 1. The first-order valence-corrected chi connectivity index (χ1v) is 5.59. The molecule has 8 heteroatoms. The van der Waals surface area contributed by atoms with Crippen molar-refractivity contribution in [1.82, 2.24) is 5.43 Å². The summed E-state index contributed by atoms with van der Waals surface area (Å²) < 4.78 is 11.0. The highest BCUT2D eigenvalue weighted by atomic mass is 79.9. The van der Waals surface area contributed by atoms with Gasteiger partial charge in [0.1, 0.15) is 0 Å². The molecule has 0 atom stereocenters. The van der Waals surface area contributed by atoms with Crippen molar-refractivity contribution in [2.24, 2.45) is 11.0 Å². The standard InChI is InChI=1S/C10H12BrN3O4/c1-17-8-2-6(4-13-16)7(11)3-9(8)18-5-10(15)14-12/h2-4,16H,5,12H2,1H3,(H,14,15). The van der Waals surface area contributed by atoms with Crippen LogP contribution in [-0.4, -0.2) is 31.0 Å². The minimum Gasteiger partial charge on any atom is -0.493 e. The monoisotopic (exact) mass is 317 g/mol. The lowest BCUT2D eigenvalue weighted by Gasteiger charge is -2.11. The van der Waals surface area contributed by atoms with Crippen LogP contribution in [0.15, 0.2) is 21.8 Å². The Morgan fingerprint density at radius 2 is 2.33 bits per heavy atom. The van der Waals surface area contributed by atoms with Gasteiger partial charge < -0.3 is 14.7 Å². The van der Waals surface area contributed by atoms with E-state index < -0.39 is 5.91 Å². The third-order valence-electron chi connectivity index (χ3n) is 2.00. The van der Waals surface area contributed by atoms with E-state index in [-0.39, 0.29) is 6.61 Å². The smallest absolute Gasteiger partial charge is 0.271 e. The number of nitrogens with zero attached hydrogens (tertiary/aromatic N) is 1. The molecule has 0 unspecified atom stereocenters. The molecule has 0 fully saturated rings. The zero-order chi connectivity index (χ0) is 13.5. The van der Waals surface area contributed by atoms with Gasteiger partial charge in [-0.05, 0) is 28.1 Å². The molecular formula is C10H12BrN3O4. The zero-order valence-electron chi connectivity index (χ0n) is 9.51. The molecule has 0 spiro atoms. The first kappa shape index (κ1) is 14.3. The summed E-state index contributed by atoms with van der Waals surface area (Å²) in [6.45, 7) is -0.229. The van der Waals surface area contributed by atoms with E-state index in [1.165, 1.54) is 13.3 Å². The summed E-state index contributed by atoms with van der Waals surface area (Å²) in [6, 6.07) is 3.19. The van der Waals surface area contributed by atoms with E-state index in [4.69, 9.17) is 20.5 Å². The third kappa shape index (κ3) is 3.60. The molecule has 1 amide bonds. The number of oxime groups is 1. The van der Waals surface area contributed by atoms with Gasteiger partial charge in [0.05, 0.1) is 13.3 Å². The van der Waals surface area contributed by atoms with Crippen molar-refractivity contribution < 1.29 is 19.5 Å². The Labute approximate surface area is 112 Å². The first-order chi connectivity index (χ1) is 8.62. The number of carbonyl (C=O) groups is 1. The van der Waals surface area contributed by atoms with Crippen LogP contribution in [0.4, 0.5) is 0 Å². The minimum atomic E-state index is -0.464. The second kappa shape index (κ2) is 6.82. The SMILES string of the molecule is COc1cc(C=NO)c(Br)cc1OCC(=O)NN. The molecule has 1 rings (SSSR count). The van der Waals surface area contributed by atoms with Crippen LogP contribution in [0.2, 0.25) is 0 Å². The topological polar surface area (TPSA) is 106 Å². The van der Waals surface area contributed by atoms with Gasteiger partial charge in [-0.15, -0.1) is 0 Å². The summed E-state index contributed by atoms with van der Waals surface area (Å²) in [7, 11) is 1.46. The molecule has 0 aliphatic carbocycles. The van der Waals surface area contributed by atoms with Gasteiger partial charge in [-0.3, -0.25) is 10.2 Å². The Kier molecular flexibility index (Phi) is 5.40. The lowest BCUT2D eigenvalue weighted by Crippen LogP contribution is -2.34. The van der Waals surface area contributed by atoms with Crippen molar-refractivity contribution in [3.8, 4) is 11.5 Å². The summed E-state index contributed by atoms with van der Waals surface area (Å²) in [5, 5.41) is 11.4. The summed E-state index contributed by atoms with van der Waals surface area (Å²) in [5.41, 5.74) is 2.55. The highest BCUT2D eigenvalue weighted by molar-refractivity contribution is 9.10. The lowest BCUT2D eigenvalue weighted by molar-refractivity contribution is -0.123. The summed E-state index contributed by atoms with van der Waals surface area (Å²) >= 11 is 3.27. The number of amides is 1. The van der Waals surface area contributed by atoms with Gasteiger partial charge in [0.25, 0.3) is 5.91 Å². The Morgan fingerprint density at radius 1 is 1.61 bits per heavy atom. The van der Waals surface area contributed by atoms with Crippen molar-refractivity contribution in [3.63, 3.8) is 0 Å². The number of hydrogen-bond donors (Lipinski definition) is 3. The maximum Gasteiger partial charge on any atom is 0.271 e. The molecular weight excluding hydrogens is 306 g/mol. The van der Waals surface area contributed by atoms with Gasteiger partial charge in [0, 0.05) is 10.0 Å². The second-order valence-corrected chi connectivity index (χ2v) is 3.98. The molecule has 98 valence electrons. The number of benzene rings is 1. The zero-order valence-corrected chi connectivity index (χ0v) is 11.1. The first-order valence-electron chi connectivity index (χ1n) is 4.79. The number of rotatable bonds is 5. The Morgan fingerprint density at radius 3 is 2.89 bits per heavy atom. The van der Waals surface area contributed by atoms with Crippen molar-refractivity contribution in [3.05, 3.63) is 22.2 Å². The second-order valence-electron chi connectivity index (χ2n) is 3.13. The molecule has 4 N–H and O–H groups in total. The number of carbonyl (C=O) groups excluding carboxylic acids is 1. The predicted molar refractivity (Wildman–Crippen MR) is 67.9 cm³/mol. The van der Waals surface area contributed by atoms with E-state index in [1.54, 1.807) is 12.1 Å². The van der Waals surface area contributed by atoms with Crippen LogP contribution in [0.25, 0.3) is 0 Å². The number of methoxy groups -OCH3 is 1. The number of nitrogens with two attached hydrogens (primary N) is 1. The van der Waals surface area contributed by atoms with Gasteiger partial charge in [-0.2, -0.15) is 0 Å². The van der Waals surface area contributed by atoms with Gasteiger partial charge >= 0.3 is 0 Å². The molecule has 0 radical (unpaired) electrons. The van der Waals surface area contributed by atoms with Crippen LogP contribution in [-0.2, 0) is 4.79 Å². The molecule has 0 heterocycles. The summed E-state index contributed by atoms with van der Waals surface area (Å²) in [4.78, 5) is 11.0. The van der Waals surface area contributed by atoms with E-state index in [0.717, 1.165) is 0 Å². The van der Waals surface area contributed by atoms with E-state index >= 15 is 0 Å². The largest absolute Gasteiger partial charge is 0.493 e. The fourth-order valence-electron chi connectivity index (χ4n) is 1.17. The Balaban J connectivity index is 2.97. The van der Waals surface area contributed by atoms with Crippen LogP contribution in [0.1, 0.15) is 5.56 Å².